The van der Waals surface area contributed by atoms with Crippen molar-refractivity contribution >= 4 is 35.8 Å². The first kappa shape index (κ1) is 22.3. The summed E-state index contributed by atoms with van der Waals surface area (Å²) in [5, 5.41) is 6.66. The van der Waals surface area contributed by atoms with Crippen molar-refractivity contribution in [2.75, 3.05) is 31.6 Å². The Labute approximate surface area is 184 Å². The van der Waals surface area contributed by atoms with E-state index in [4.69, 9.17) is 4.74 Å². The fraction of sp³-hybridized carbons (Fsp3) is 0.429. The summed E-state index contributed by atoms with van der Waals surface area (Å²) in [6.45, 7) is 6.40. The van der Waals surface area contributed by atoms with Crippen LogP contribution in [0.1, 0.15) is 30.9 Å². The SMILES string of the molecule is CCNC(=NCc1ccc(N2CCCC2)nc1)NCc1cccc(OC)c1.I. The van der Waals surface area contributed by atoms with E-state index in [0.29, 0.717) is 13.1 Å². The number of anilines is 1. The van der Waals surface area contributed by atoms with Gasteiger partial charge in [-0.05, 0) is 49.1 Å². The van der Waals surface area contributed by atoms with Gasteiger partial charge in [-0.25, -0.2) is 9.98 Å². The molecule has 1 saturated heterocycles. The topological polar surface area (TPSA) is 61.8 Å². The highest BCUT2D eigenvalue weighted by molar-refractivity contribution is 14.0. The second kappa shape index (κ2) is 11.7. The van der Waals surface area contributed by atoms with Crippen molar-refractivity contribution in [3.8, 4) is 5.75 Å². The first-order valence-electron chi connectivity index (χ1n) is 9.63. The van der Waals surface area contributed by atoms with E-state index in [-0.39, 0.29) is 24.0 Å². The fourth-order valence-electron chi connectivity index (χ4n) is 3.12. The van der Waals surface area contributed by atoms with Crippen LogP contribution in [0.15, 0.2) is 47.6 Å². The van der Waals surface area contributed by atoms with Gasteiger partial charge >= 0.3 is 0 Å². The van der Waals surface area contributed by atoms with Crippen molar-refractivity contribution in [2.24, 2.45) is 4.99 Å². The van der Waals surface area contributed by atoms with Crippen molar-refractivity contribution in [3.05, 3.63) is 53.7 Å². The minimum absolute atomic E-state index is 0. The molecule has 2 N–H and O–H groups in total. The Balaban J connectivity index is 0.00000280. The van der Waals surface area contributed by atoms with E-state index < -0.39 is 0 Å². The average molecular weight is 495 g/mol. The molecule has 1 fully saturated rings. The van der Waals surface area contributed by atoms with E-state index in [0.717, 1.165) is 48.3 Å². The van der Waals surface area contributed by atoms with Crippen molar-refractivity contribution in [1.29, 1.82) is 0 Å². The number of ether oxygens (including phenoxy) is 1. The van der Waals surface area contributed by atoms with Crippen LogP contribution in [0.3, 0.4) is 0 Å². The highest BCUT2D eigenvalue weighted by atomic mass is 127. The van der Waals surface area contributed by atoms with E-state index in [1.807, 2.05) is 24.4 Å². The molecule has 1 aliphatic rings. The van der Waals surface area contributed by atoms with Crippen LogP contribution in [0.25, 0.3) is 0 Å². The van der Waals surface area contributed by atoms with E-state index in [2.05, 4.69) is 50.6 Å². The average Bonchev–Trinajstić information content (AvgIpc) is 3.25. The molecule has 0 unspecified atom stereocenters. The first-order valence-corrected chi connectivity index (χ1v) is 9.63. The maximum Gasteiger partial charge on any atom is 0.191 e. The molecule has 152 valence electrons. The quantitative estimate of drug-likeness (QED) is 0.350. The lowest BCUT2D eigenvalue weighted by molar-refractivity contribution is 0.414. The van der Waals surface area contributed by atoms with E-state index in [9.17, 15) is 0 Å². The van der Waals surface area contributed by atoms with Gasteiger partial charge in [0.05, 0.1) is 13.7 Å². The number of aromatic nitrogens is 1. The molecule has 7 heteroatoms. The fourth-order valence-corrected chi connectivity index (χ4v) is 3.12. The molecule has 1 aliphatic heterocycles. The lowest BCUT2D eigenvalue weighted by atomic mass is 10.2. The van der Waals surface area contributed by atoms with E-state index in [1.165, 1.54) is 12.8 Å². The summed E-state index contributed by atoms with van der Waals surface area (Å²) in [4.78, 5) is 11.6. The summed E-state index contributed by atoms with van der Waals surface area (Å²) in [7, 11) is 1.68. The summed E-state index contributed by atoms with van der Waals surface area (Å²) in [5.41, 5.74) is 2.26. The zero-order valence-electron chi connectivity index (χ0n) is 16.6. The number of pyridine rings is 1. The summed E-state index contributed by atoms with van der Waals surface area (Å²) < 4.78 is 5.28. The third-order valence-corrected chi connectivity index (χ3v) is 4.60. The van der Waals surface area contributed by atoms with Crippen molar-refractivity contribution in [2.45, 2.75) is 32.9 Å². The number of halogens is 1. The predicted molar refractivity (Wildman–Crippen MR) is 126 cm³/mol. The Hall–Kier alpha value is -2.03. The normalized spacial score (nSPS) is 13.8. The minimum Gasteiger partial charge on any atom is -0.497 e. The predicted octanol–water partition coefficient (Wildman–Crippen LogP) is 3.56. The molecule has 0 radical (unpaired) electrons. The zero-order chi connectivity index (χ0) is 18.9. The summed E-state index contributed by atoms with van der Waals surface area (Å²) >= 11 is 0. The molecule has 2 aromatic rings. The number of hydrogen-bond acceptors (Lipinski definition) is 4. The number of nitrogens with zero attached hydrogens (tertiary/aromatic N) is 3. The Morgan fingerprint density at radius 1 is 1.14 bits per heavy atom. The van der Waals surface area contributed by atoms with Gasteiger partial charge in [-0.1, -0.05) is 18.2 Å². The lowest BCUT2D eigenvalue weighted by Crippen LogP contribution is -2.36. The molecule has 0 amide bonds. The van der Waals surface area contributed by atoms with Crippen molar-refractivity contribution in [3.63, 3.8) is 0 Å². The summed E-state index contributed by atoms with van der Waals surface area (Å²) in [5.74, 6) is 2.73. The van der Waals surface area contributed by atoms with Gasteiger partial charge in [-0.15, -0.1) is 24.0 Å². The Bertz CT molecular complexity index is 745. The second-order valence-corrected chi connectivity index (χ2v) is 6.62. The maximum absolute atomic E-state index is 5.28. The number of guanidine groups is 1. The molecule has 3 rings (SSSR count). The number of nitrogens with one attached hydrogen (secondary N) is 2. The van der Waals surface area contributed by atoms with Crippen LogP contribution >= 0.6 is 24.0 Å². The van der Waals surface area contributed by atoms with Gasteiger partial charge in [0.25, 0.3) is 0 Å². The minimum atomic E-state index is 0. The Morgan fingerprint density at radius 2 is 1.96 bits per heavy atom. The molecule has 1 aromatic heterocycles. The number of methoxy groups -OCH3 is 1. The molecule has 0 spiro atoms. The molecule has 0 bridgehead atoms. The lowest BCUT2D eigenvalue weighted by Gasteiger charge is -2.16. The van der Waals surface area contributed by atoms with Crippen molar-refractivity contribution in [1.82, 2.24) is 15.6 Å². The maximum atomic E-state index is 5.28. The van der Waals surface area contributed by atoms with Crippen LogP contribution in [0.5, 0.6) is 5.75 Å². The van der Waals surface area contributed by atoms with Crippen LogP contribution in [-0.4, -0.2) is 37.7 Å². The van der Waals surface area contributed by atoms with Crippen LogP contribution in [-0.2, 0) is 13.1 Å². The molecule has 28 heavy (non-hydrogen) atoms. The molecule has 0 saturated carbocycles. The summed E-state index contributed by atoms with van der Waals surface area (Å²) in [6, 6.07) is 12.3. The first-order chi connectivity index (χ1) is 13.3. The Kier molecular flexibility index (Phi) is 9.33. The number of aliphatic imine (C=N–C) groups is 1. The van der Waals surface area contributed by atoms with Gasteiger partial charge in [-0.2, -0.15) is 0 Å². The zero-order valence-corrected chi connectivity index (χ0v) is 19.0. The second-order valence-electron chi connectivity index (χ2n) is 6.62. The molecule has 0 aliphatic carbocycles. The van der Waals surface area contributed by atoms with Gasteiger partial charge < -0.3 is 20.3 Å². The van der Waals surface area contributed by atoms with Crippen LogP contribution in [0.2, 0.25) is 0 Å². The van der Waals surface area contributed by atoms with Gasteiger partial charge in [0.1, 0.15) is 11.6 Å². The van der Waals surface area contributed by atoms with Gasteiger partial charge in [-0.3, -0.25) is 0 Å². The Morgan fingerprint density at radius 3 is 2.64 bits per heavy atom. The molecule has 6 nitrogen and oxygen atoms in total. The molecule has 1 aromatic carbocycles. The summed E-state index contributed by atoms with van der Waals surface area (Å²) in [6.07, 6.45) is 4.46. The molecule has 0 atom stereocenters. The highest BCUT2D eigenvalue weighted by Crippen LogP contribution is 2.17. The highest BCUT2D eigenvalue weighted by Gasteiger charge is 2.12. The monoisotopic (exact) mass is 495 g/mol. The van der Waals surface area contributed by atoms with Gasteiger partial charge in [0.2, 0.25) is 0 Å². The van der Waals surface area contributed by atoms with Crippen LogP contribution < -0.4 is 20.3 Å². The van der Waals surface area contributed by atoms with Gasteiger partial charge in [0.15, 0.2) is 5.96 Å². The largest absolute Gasteiger partial charge is 0.497 e. The molecular weight excluding hydrogens is 465 g/mol. The van der Waals surface area contributed by atoms with E-state index >= 15 is 0 Å². The number of rotatable bonds is 7. The van der Waals surface area contributed by atoms with Crippen molar-refractivity contribution < 1.29 is 4.74 Å². The third kappa shape index (κ3) is 6.54. The van der Waals surface area contributed by atoms with E-state index in [1.54, 1.807) is 7.11 Å². The van der Waals surface area contributed by atoms with Gasteiger partial charge in [0, 0.05) is 32.4 Å². The molecular formula is C21H30IN5O. The van der Waals surface area contributed by atoms with Crippen LogP contribution in [0, 0.1) is 0 Å². The number of hydrogen-bond donors (Lipinski definition) is 2. The standard InChI is InChI=1S/C21H29N5O.HI/c1-3-22-21(24-14-17-7-6-8-19(13-17)27-2)25-16-18-9-10-20(23-15-18)26-11-4-5-12-26;/h6-10,13,15H,3-5,11-12,14,16H2,1-2H3,(H2,22,24,25);1H. The molecule has 2 heterocycles. The third-order valence-electron chi connectivity index (χ3n) is 4.60. The van der Waals surface area contributed by atoms with Crippen LogP contribution in [0.4, 0.5) is 5.82 Å². The number of benzene rings is 1. The smallest absolute Gasteiger partial charge is 0.191 e.